The molecule has 1 rings (SSSR count). The number of hydrogen-bond acceptors (Lipinski definition) is 2. The molecule has 1 atom stereocenters. The molecule has 0 aromatic heterocycles. The van der Waals surface area contributed by atoms with Crippen LogP contribution in [0.3, 0.4) is 0 Å². The van der Waals surface area contributed by atoms with Crippen LogP contribution >= 0.6 is 17.0 Å². The van der Waals surface area contributed by atoms with Crippen LogP contribution < -0.4 is 5.73 Å². The van der Waals surface area contributed by atoms with Crippen LogP contribution in [0.4, 0.5) is 0 Å². The Morgan fingerprint density at radius 3 is 2.27 bits per heavy atom. The first-order valence-electron chi connectivity index (χ1n) is 3.26. The van der Waals surface area contributed by atoms with E-state index in [9.17, 15) is 0 Å². The highest BCUT2D eigenvalue weighted by Crippen LogP contribution is 1.99. The SMILES string of the molecule is Br.NC(O)Cc1ccccc1. The van der Waals surface area contributed by atoms with Crippen LogP contribution in [0.5, 0.6) is 0 Å². The quantitative estimate of drug-likeness (QED) is 0.729. The minimum Gasteiger partial charge on any atom is -0.378 e. The summed E-state index contributed by atoms with van der Waals surface area (Å²) in [5.74, 6) is 0. The zero-order valence-electron chi connectivity index (χ0n) is 6.10. The molecule has 3 N–H and O–H groups in total. The van der Waals surface area contributed by atoms with Crippen LogP contribution in [-0.4, -0.2) is 11.3 Å². The first-order valence-corrected chi connectivity index (χ1v) is 3.26. The predicted octanol–water partition coefficient (Wildman–Crippen LogP) is 1.08. The molecule has 62 valence electrons. The number of aliphatic hydroxyl groups excluding tert-OH is 1. The Balaban J connectivity index is 0.000001000. The van der Waals surface area contributed by atoms with Crippen molar-refractivity contribution in [1.82, 2.24) is 0 Å². The summed E-state index contributed by atoms with van der Waals surface area (Å²) in [7, 11) is 0. The third kappa shape index (κ3) is 4.14. The average Bonchev–Trinajstić information content (AvgIpc) is 1.88. The normalized spacial score (nSPS) is 11.8. The van der Waals surface area contributed by atoms with E-state index in [-0.39, 0.29) is 17.0 Å². The first-order chi connectivity index (χ1) is 4.79. The zero-order chi connectivity index (χ0) is 7.40. The molecule has 0 spiro atoms. The lowest BCUT2D eigenvalue weighted by molar-refractivity contribution is 0.183. The van der Waals surface area contributed by atoms with Gasteiger partial charge in [0.05, 0.1) is 0 Å². The Morgan fingerprint density at radius 2 is 1.82 bits per heavy atom. The monoisotopic (exact) mass is 217 g/mol. The van der Waals surface area contributed by atoms with Crippen molar-refractivity contribution in [2.45, 2.75) is 12.6 Å². The minimum absolute atomic E-state index is 0. The molecule has 0 radical (unpaired) electrons. The molecule has 0 aliphatic heterocycles. The summed E-state index contributed by atoms with van der Waals surface area (Å²) in [6.07, 6.45) is -0.205. The molecule has 1 aromatic rings. The Kier molecular flexibility index (Phi) is 5.11. The number of rotatable bonds is 2. The van der Waals surface area contributed by atoms with Crippen LogP contribution in [0.1, 0.15) is 5.56 Å². The molecule has 0 bridgehead atoms. The van der Waals surface area contributed by atoms with Gasteiger partial charge in [-0.1, -0.05) is 30.3 Å². The van der Waals surface area contributed by atoms with Gasteiger partial charge in [-0.3, -0.25) is 0 Å². The van der Waals surface area contributed by atoms with E-state index in [1.54, 1.807) is 0 Å². The van der Waals surface area contributed by atoms with E-state index < -0.39 is 6.23 Å². The van der Waals surface area contributed by atoms with E-state index in [1.807, 2.05) is 30.3 Å². The Morgan fingerprint density at radius 1 is 1.27 bits per heavy atom. The molecule has 0 heterocycles. The number of hydrogen-bond donors (Lipinski definition) is 2. The molecule has 0 saturated carbocycles. The smallest absolute Gasteiger partial charge is 0.106 e. The fourth-order valence-electron chi connectivity index (χ4n) is 0.856. The molecule has 1 aromatic carbocycles. The fourth-order valence-corrected chi connectivity index (χ4v) is 0.856. The van der Waals surface area contributed by atoms with Crippen molar-refractivity contribution >= 4 is 17.0 Å². The predicted molar refractivity (Wildman–Crippen MR) is 50.7 cm³/mol. The number of nitrogens with two attached hydrogens (primary N) is 1. The van der Waals surface area contributed by atoms with Gasteiger partial charge in [0.15, 0.2) is 0 Å². The van der Waals surface area contributed by atoms with Crippen LogP contribution in [0.15, 0.2) is 30.3 Å². The Hall–Kier alpha value is -0.380. The highest BCUT2D eigenvalue weighted by molar-refractivity contribution is 8.93. The van der Waals surface area contributed by atoms with Crippen molar-refractivity contribution in [3.8, 4) is 0 Å². The van der Waals surface area contributed by atoms with Gasteiger partial charge in [-0.15, -0.1) is 17.0 Å². The van der Waals surface area contributed by atoms with Crippen LogP contribution in [0, 0.1) is 0 Å². The van der Waals surface area contributed by atoms with Crippen molar-refractivity contribution in [3.63, 3.8) is 0 Å². The number of halogens is 1. The molecule has 3 heteroatoms. The summed E-state index contributed by atoms with van der Waals surface area (Å²) in [6, 6.07) is 9.67. The molecule has 11 heavy (non-hydrogen) atoms. The van der Waals surface area contributed by atoms with Crippen molar-refractivity contribution in [2.24, 2.45) is 5.73 Å². The molecule has 1 unspecified atom stereocenters. The van der Waals surface area contributed by atoms with Crippen molar-refractivity contribution in [2.75, 3.05) is 0 Å². The maximum absolute atomic E-state index is 8.78. The highest BCUT2D eigenvalue weighted by atomic mass is 79.9. The van der Waals surface area contributed by atoms with Gasteiger partial charge in [0.2, 0.25) is 0 Å². The summed E-state index contributed by atoms with van der Waals surface area (Å²) in [6.45, 7) is 0. The largest absolute Gasteiger partial charge is 0.378 e. The molecular formula is C8H12BrNO. The van der Waals surface area contributed by atoms with E-state index in [1.165, 1.54) is 0 Å². The number of benzene rings is 1. The lowest BCUT2D eigenvalue weighted by Gasteiger charge is -2.02. The van der Waals surface area contributed by atoms with Crippen LogP contribution in [0.2, 0.25) is 0 Å². The van der Waals surface area contributed by atoms with Crippen molar-refractivity contribution < 1.29 is 5.11 Å². The molecule has 0 aliphatic rings. The van der Waals surface area contributed by atoms with E-state index >= 15 is 0 Å². The standard InChI is InChI=1S/C8H11NO.BrH/c9-8(10)6-7-4-2-1-3-5-7;/h1-5,8,10H,6,9H2;1H. The lowest BCUT2D eigenvalue weighted by Crippen LogP contribution is -2.21. The van der Waals surface area contributed by atoms with Gasteiger partial charge in [0.25, 0.3) is 0 Å². The van der Waals surface area contributed by atoms with Gasteiger partial charge in [-0.25, -0.2) is 0 Å². The Labute approximate surface area is 76.8 Å². The van der Waals surface area contributed by atoms with Gasteiger partial charge in [-0.05, 0) is 5.56 Å². The number of aliphatic hydroxyl groups is 1. The fraction of sp³-hybridized carbons (Fsp3) is 0.250. The summed E-state index contributed by atoms with van der Waals surface area (Å²) in [5, 5.41) is 8.78. The maximum atomic E-state index is 8.78. The van der Waals surface area contributed by atoms with Crippen LogP contribution in [-0.2, 0) is 6.42 Å². The third-order valence-corrected chi connectivity index (χ3v) is 1.29. The zero-order valence-corrected chi connectivity index (χ0v) is 7.82. The molecule has 2 nitrogen and oxygen atoms in total. The van der Waals surface area contributed by atoms with Gasteiger partial charge >= 0.3 is 0 Å². The van der Waals surface area contributed by atoms with E-state index in [0.29, 0.717) is 6.42 Å². The van der Waals surface area contributed by atoms with Gasteiger partial charge < -0.3 is 10.8 Å². The first kappa shape index (κ1) is 10.6. The van der Waals surface area contributed by atoms with Gasteiger partial charge in [0, 0.05) is 6.42 Å². The van der Waals surface area contributed by atoms with Gasteiger partial charge in [-0.2, -0.15) is 0 Å². The summed E-state index contributed by atoms with van der Waals surface area (Å²) in [5.41, 5.74) is 6.25. The van der Waals surface area contributed by atoms with Crippen LogP contribution in [0.25, 0.3) is 0 Å². The summed E-state index contributed by atoms with van der Waals surface area (Å²) in [4.78, 5) is 0. The van der Waals surface area contributed by atoms with E-state index in [4.69, 9.17) is 10.8 Å². The molecular weight excluding hydrogens is 206 g/mol. The van der Waals surface area contributed by atoms with E-state index in [2.05, 4.69) is 0 Å². The maximum Gasteiger partial charge on any atom is 0.106 e. The second-order valence-electron chi connectivity index (χ2n) is 2.26. The van der Waals surface area contributed by atoms with Crippen molar-refractivity contribution in [3.05, 3.63) is 35.9 Å². The lowest BCUT2D eigenvalue weighted by atomic mass is 10.1. The highest BCUT2D eigenvalue weighted by Gasteiger charge is 1.95. The Bertz CT molecular complexity index is 189. The summed E-state index contributed by atoms with van der Waals surface area (Å²) >= 11 is 0. The minimum atomic E-state index is -0.734. The van der Waals surface area contributed by atoms with Crippen molar-refractivity contribution in [1.29, 1.82) is 0 Å². The van der Waals surface area contributed by atoms with E-state index in [0.717, 1.165) is 5.56 Å². The topological polar surface area (TPSA) is 46.2 Å². The summed E-state index contributed by atoms with van der Waals surface area (Å²) < 4.78 is 0. The second kappa shape index (κ2) is 5.29. The molecule has 0 saturated heterocycles. The van der Waals surface area contributed by atoms with Gasteiger partial charge in [0.1, 0.15) is 6.23 Å². The molecule has 0 aliphatic carbocycles. The second-order valence-corrected chi connectivity index (χ2v) is 2.26. The molecule has 0 amide bonds. The third-order valence-electron chi connectivity index (χ3n) is 1.29. The molecule has 0 fully saturated rings. The average molecular weight is 218 g/mol.